The van der Waals surface area contributed by atoms with Crippen molar-refractivity contribution in [2.24, 2.45) is 0 Å². The van der Waals surface area contributed by atoms with Crippen LogP contribution < -0.4 is 0 Å². The minimum Gasteiger partial charge on any atom is -0.254 e. The van der Waals surface area contributed by atoms with Crippen LogP contribution >= 0.6 is 23.2 Å². The molecule has 1 aromatic carbocycles. The lowest BCUT2D eigenvalue weighted by molar-refractivity contribution is -0.138. The number of hydrogen-bond donors (Lipinski definition) is 0. The van der Waals surface area contributed by atoms with Crippen molar-refractivity contribution in [1.29, 1.82) is 0 Å². The number of pyridine rings is 1. The molecule has 0 radical (unpaired) electrons. The van der Waals surface area contributed by atoms with E-state index < -0.39 is 17.6 Å². The molecule has 2 rings (SSSR count). The maximum atomic E-state index is 13.8. The van der Waals surface area contributed by atoms with E-state index in [1.54, 1.807) is 0 Å². The van der Waals surface area contributed by atoms with Gasteiger partial charge < -0.3 is 0 Å². The van der Waals surface area contributed by atoms with Crippen LogP contribution in [0, 0.1) is 12.7 Å². The van der Waals surface area contributed by atoms with Crippen molar-refractivity contribution >= 4 is 23.2 Å². The molecule has 0 amide bonds. The molecule has 20 heavy (non-hydrogen) atoms. The summed E-state index contributed by atoms with van der Waals surface area (Å²) in [6, 6.07) is 3.77. The van der Waals surface area contributed by atoms with E-state index in [0.717, 1.165) is 6.07 Å². The van der Waals surface area contributed by atoms with Crippen molar-refractivity contribution < 1.29 is 17.6 Å². The lowest BCUT2D eigenvalue weighted by Gasteiger charge is -2.14. The van der Waals surface area contributed by atoms with Gasteiger partial charge in [-0.1, -0.05) is 23.2 Å². The van der Waals surface area contributed by atoms with Crippen molar-refractivity contribution in [2.75, 3.05) is 0 Å². The molecule has 0 atom stereocenters. The summed E-state index contributed by atoms with van der Waals surface area (Å²) >= 11 is 11.5. The Bertz CT molecular complexity index is 668. The third-order valence-corrected chi connectivity index (χ3v) is 3.45. The second-order valence-corrected chi connectivity index (χ2v) is 4.90. The first-order valence-electron chi connectivity index (χ1n) is 5.39. The Morgan fingerprint density at radius 2 is 1.80 bits per heavy atom. The molecule has 0 aliphatic rings. The largest absolute Gasteiger partial charge is 0.418 e. The Morgan fingerprint density at radius 3 is 2.35 bits per heavy atom. The summed E-state index contributed by atoms with van der Waals surface area (Å²) in [5, 5.41) is -0.0629. The van der Waals surface area contributed by atoms with Crippen LogP contribution in [-0.2, 0) is 6.18 Å². The molecule has 1 heterocycles. The summed E-state index contributed by atoms with van der Waals surface area (Å²) < 4.78 is 51.9. The van der Waals surface area contributed by atoms with Crippen LogP contribution in [0.5, 0.6) is 0 Å². The molecule has 2 aromatic rings. The highest BCUT2D eigenvalue weighted by Gasteiger charge is 2.34. The maximum absolute atomic E-state index is 13.8. The molecule has 1 aromatic heterocycles. The Balaban J connectivity index is 2.63. The first kappa shape index (κ1) is 15.1. The van der Waals surface area contributed by atoms with Gasteiger partial charge in [0.15, 0.2) is 0 Å². The fourth-order valence-electron chi connectivity index (χ4n) is 1.73. The van der Waals surface area contributed by atoms with Gasteiger partial charge in [0, 0.05) is 16.8 Å². The number of hydrogen-bond acceptors (Lipinski definition) is 1. The van der Waals surface area contributed by atoms with Gasteiger partial charge in [0.05, 0.1) is 16.3 Å². The first-order valence-corrected chi connectivity index (χ1v) is 6.15. The normalized spacial score (nSPS) is 11.8. The van der Waals surface area contributed by atoms with Gasteiger partial charge in [-0.3, -0.25) is 4.98 Å². The second-order valence-electron chi connectivity index (χ2n) is 4.08. The van der Waals surface area contributed by atoms with Crippen molar-refractivity contribution in [3.05, 3.63) is 51.4 Å². The van der Waals surface area contributed by atoms with Crippen molar-refractivity contribution in [3.63, 3.8) is 0 Å². The van der Waals surface area contributed by atoms with Crippen LogP contribution in [0.25, 0.3) is 11.3 Å². The molecule has 7 heteroatoms. The van der Waals surface area contributed by atoms with Gasteiger partial charge in [0.2, 0.25) is 0 Å². The van der Waals surface area contributed by atoms with E-state index in [1.807, 2.05) is 0 Å². The molecule has 0 aliphatic carbocycles. The van der Waals surface area contributed by atoms with Crippen molar-refractivity contribution in [2.45, 2.75) is 13.1 Å². The molecule has 106 valence electrons. The van der Waals surface area contributed by atoms with Crippen LogP contribution in [0.1, 0.15) is 11.1 Å². The summed E-state index contributed by atoms with van der Waals surface area (Å²) in [4.78, 5) is 3.63. The Kier molecular flexibility index (Phi) is 3.93. The zero-order chi connectivity index (χ0) is 15.1. The molecule has 0 N–H and O–H groups in total. The van der Waals surface area contributed by atoms with E-state index in [9.17, 15) is 17.6 Å². The van der Waals surface area contributed by atoms with Crippen LogP contribution in [0.2, 0.25) is 10.0 Å². The van der Waals surface area contributed by atoms with Gasteiger partial charge in [-0.15, -0.1) is 0 Å². The number of benzene rings is 1. The predicted molar refractivity (Wildman–Crippen MR) is 69.4 cm³/mol. The average Bonchev–Trinajstić information content (AvgIpc) is 2.32. The fourth-order valence-corrected chi connectivity index (χ4v) is 2.14. The summed E-state index contributed by atoms with van der Waals surface area (Å²) in [6.07, 6.45) is -3.91. The van der Waals surface area contributed by atoms with Crippen LogP contribution in [0.3, 0.4) is 0 Å². The molecule has 1 nitrogen and oxygen atoms in total. The number of rotatable bonds is 1. The van der Waals surface area contributed by atoms with E-state index in [0.29, 0.717) is 6.20 Å². The minimum absolute atomic E-state index is 0.00350. The zero-order valence-corrected chi connectivity index (χ0v) is 11.5. The third-order valence-electron chi connectivity index (χ3n) is 2.76. The highest BCUT2D eigenvalue weighted by molar-refractivity contribution is 6.34. The summed E-state index contributed by atoms with van der Waals surface area (Å²) in [7, 11) is 0. The van der Waals surface area contributed by atoms with Gasteiger partial charge in [-0.05, 0) is 30.7 Å². The average molecular weight is 324 g/mol. The lowest BCUT2D eigenvalue weighted by atomic mass is 10.1. The molecule has 0 saturated heterocycles. The predicted octanol–water partition coefficient (Wildman–Crippen LogP) is 5.52. The van der Waals surface area contributed by atoms with Crippen LogP contribution in [0.15, 0.2) is 24.4 Å². The quantitative estimate of drug-likeness (QED) is 0.629. The smallest absolute Gasteiger partial charge is 0.254 e. The lowest BCUT2D eigenvalue weighted by Crippen LogP contribution is -2.09. The van der Waals surface area contributed by atoms with E-state index in [1.165, 1.54) is 19.1 Å². The number of nitrogens with zero attached hydrogens (tertiary/aromatic N) is 1. The minimum atomic E-state index is -4.56. The van der Waals surface area contributed by atoms with Crippen LogP contribution in [0.4, 0.5) is 17.6 Å². The van der Waals surface area contributed by atoms with E-state index in [2.05, 4.69) is 4.98 Å². The molecule has 0 spiro atoms. The summed E-state index contributed by atoms with van der Waals surface area (Å²) in [6.45, 7) is 1.21. The molecule has 0 aliphatic heterocycles. The SMILES string of the molecule is Cc1c(C(F)(F)F)cnc(-c2ccc(Cl)cc2F)c1Cl. The van der Waals surface area contributed by atoms with Crippen LogP contribution in [-0.4, -0.2) is 4.98 Å². The van der Waals surface area contributed by atoms with Gasteiger partial charge in [-0.25, -0.2) is 4.39 Å². The van der Waals surface area contributed by atoms with E-state index in [4.69, 9.17) is 23.2 Å². The third kappa shape index (κ3) is 2.74. The van der Waals surface area contributed by atoms with Gasteiger partial charge in [-0.2, -0.15) is 13.2 Å². The van der Waals surface area contributed by atoms with E-state index >= 15 is 0 Å². The molecule has 0 bridgehead atoms. The molecule has 0 fully saturated rings. The Hall–Kier alpha value is -1.33. The van der Waals surface area contributed by atoms with Crippen molar-refractivity contribution in [1.82, 2.24) is 4.98 Å². The zero-order valence-electron chi connectivity index (χ0n) is 10.0. The maximum Gasteiger partial charge on any atom is 0.418 e. The molecular formula is C13H7Cl2F4N. The summed E-state index contributed by atoms with van der Waals surface area (Å²) in [5.74, 6) is -0.703. The molecular weight excluding hydrogens is 317 g/mol. The Labute approximate surface area is 122 Å². The molecule has 0 saturated carbocycles. The van der Waals surface area contributed by atoms with Crippen molar-refractivity contribution in [3.8, 4) is 11.3 Å². The van der Waals surface area contributed by atoms with E-state index in [-0.39, 0.29) is 26.9 Å². The number of aromatic nitrogens is 1. The standard InChI is InChI=1S/C13H7Cl2F4N/c1-6-9(13(17,18)19)5-20-12(11(6)15)8-3-2-7(14)4-10(8)16/h2-5H,1H3. The Morgan fingerprint density at radius 1 is 1.15 bits per heavy atom. The second kappa shape index (κ2) is 5.22. The van der Waals surface area contributed by atoms with Gasteiger partial charge >= 0.3 is 6.18 Å². The highest BCUT2D eigenvalue weighted by atomic mass is 35.5. The van der Waals surface area contributed by atoms with Gasteiger partial charge in [0.1, 0.15) is 5.82 Å². The monoisotopic (exact) mass is 323 g/mol. The summed E-state index contributed by atoms with van der Waals surface area (Å²) in [5.41, 5.74) is -1.19. The van der Waals surface area contributed by atoms with Gasteiger partial charge in [0.25, 0.3) is 0 Å². The highest BCUT2D eigenvalue weighted by Crippen LogP contribution is 2.38. The molecule has 0 unspecified atom stereocenters. The number of halogens is 6. The first-order chi connectivity index (χ1) is 9.21. The number of alkyl halides is 3. The fraction of sp³-hybridized carbons (Fsp3) is 0.154. The topological polar surface area (TPSA) is 12.9 Å².